The van der Waals surface area contributed by atoms with E-state index in [2.05, 4.69) is 15.0 Å². The molecule has 0 radical (unpaired) electrons. The molecule has 3 aromatic rings. The molecule has 2 N–H and O–H groups in total. The number of nitrogens with zero attached hydrogens (tertiary/aromatic N) is 6. The Labute approximate surface area is 160 Å². The van der Waals surface area contributed by atoms with E-state index >= 15 is 0 Å². The Balaban J connectivity index is 1.65. The minimum Gasteiger partial charge on any atom is -0.381 e. The summed E-state index contributed by atoms with van der Waals surface area (Å²) < 4.78 is 13.0. The lowest BCUT2D eigenvalue weighted by Crippen LogP contribution is -2.37. The van der Waals surface area contributed by atoms with E-state index in [0.717, 1.165) is 60.7 Å². The van der Waals surface area contributed by atoms with Gasteiger partial charge in [-0.3, -0.25) is 0 Å². The van der Waals surface area contributed by atoms with E-state index in [9.17, 15) is 0 Å². The van der Waals surface area contributed by atoms with Crippen molar-refractivity contribution in [2.45, 2.75) is 18.9 Å². The summed E-state index contributed by atoms with van der Waals surface area (Å²) in [7, 11) is 0. The number of hydrogen-bond acceptors (Lipinski definition) is 9. The van der Waals surface area contributed by atoms with Crippen molar-refractivity contribution in [1.29, 1.82) is 0 Å². The van der Waals surface area contributed by atoms with Gasteiger partial charge >= 0.3 is 0 Å². The zero-order chi connectivity index (χ0) is 18.2. The molecule has 10 heteroatoms. The molecular weight excluding hydrogens is 366 g/mol. The van der Waals surface area contributed by atoms with Crippen LogP contribution in [0.4, 0.5) is 11.1 Å². The van der Waals surface area contributed by atoms with Crippen LogP contribution >= 0.6 is 11.3 Å². The summed E-state index contributed by atoms with van der Waals surface area (Å²) in [4.78, 5) is 17.1. The first-order chi connectivity index (χ1) is 13.3. The molecule has 0 atom stereocenters. The van der Waals surface area contributed by atoms with Gasteiger partial charge in [0.15, 0.2) is 10.8 Å². The second kappa shape index (κ2) is 7.02. The van der Waals surface area contributed by atoms with Crippen LogP contribution in [0.25, 0.3) is 21.6 Å². The highest BCUT2D eigenvalue weighted by atomic mass is 32.1. The van der Waals surface area contributed by atoms with Crippen LogP contribution in [0.1, 0.15) is 18.9 Å². The molecule has 3 aromatic heterocycles. The van der Waals surface area contributed by atoms with Crippen molar-refractivity contribution in [2.24, 2.45) is 0 Å². The number of ether oxygens (including phenoxy) is 2. The quantitative estimate of drug-likeness (QED) is 0.724. The zero-order valence-electron chi connectivity index (χ0n) is 14.9. The highest BCUT2D eigenvalue weighted by Gasteiger charge is 2.24. The number of anilines is 2. The summed E-state index contributed by atoms with van der Waals surface area (Å²) in [6, 6.07) is 0.295. The van der Waals surface area contributed by atoms with Crippen LogP contribution in [0.5, 0.6) is 0 Å². The van der Waals surface area contributed by atoms with Gasteiger partial charge in [0.25, 0.3) is 0 Å². The van der Waals surface area contributed by atoms with Crippen LogP contribution in [-0.2, 0) is 9.47 Å². The van der Waals surface area contributed by atoms with E-state index in [4.69, 9.17) is 25.2 Å². The molecular formula is C17H21N7O2S. The van der Waals surface area contributed by atoms with E-state index in [-0.39, 0.29) is 0 Å². The molecule has 0 unspecified atom stereocenters. The third-order valence-corrected chi connectivity index (χ3v) is 5.86. The standard InChI is InChI=1S/C17H21N7O2S/c18-16-19-10-13(27-16)14-12-9-20-24(11-1-5-25-6-2-11)15(12)22-17(21-14)23-3-7-26-8-4-23/h9-11H,1-8H2,(H2,18,19). The van der Waals surface area contributed by atoms with Crippen LogP contribution in [-0.4, -0.2) is 64.2 Å². The maximum Gasteiger partial charge on any atom is 0.228 e. The number of nitrogen functional groups attached to an aromatic ring is 1. The normalized spacial score (nSPS) is 19.0. The molecule has 2 fully saturated rings. The molecule has 5 heterocycles. The van der Waals surface area contributed by atoms with Gasteiger partial charge in [-0.05, 0) is 12.8 Å². The lowest BCUT2D eigenvalue weighted by atomic mass is 10.1. The highest BCUT2D eigenvalue weighted by molar-refractivity contribution is 7.18. The van der Waals surface area contributed by atoms with Crippen molar-refractivity contribution in [3.63, 3.8) is 0 Å². The van der Waals surface area contributed by atoms with Gasteiger partial charge in [-0.1, -0.05) is 11.3 Å². The SMILES string of the molecule is Nc1ncc(-c2nc(N3CCOCC3)nc3c2cnn3C2CCOCC2)s1. The molecule has 2 aliphatic heterocycles. The fourth-order valence-electron chi connectivity index (χ4n) is 3.60. The number of nitrogens with two attached hydrogens (primary N) is 1. The molecule has 0 spiro atoms. The number of morpholine rings is 1. The minimum absolute atomic E-state index is 0.295. The molecule has 0 saturated carbocycles. The summed E-state index contributed by atoms with van der Waals surface area (Å²) in [6.45, 7) is 4.44. The van der Waals surface area contributed by atoms with Gasteiger partial charge in [0, 0.05) is 32.5 Å². The van der Waals surface area contributed by atoms with Crippen LogP contribution in [0.2, 0.25) is 0 Å². The summed E-state index contributed by atoms with van der Waals surface area (Å²) in [5.41, 5.74) is 7.57. The van der Waals surface area contributed by atoms with Crippen molar-refractivity contribution in [2.75, 3.05) is 50.2 Å². The summed E-state index contributed by atoms with van der Waals surface area (Å²) in [5, 5.41) is 6.13. The van der Waals surface area contributed by atoms with E-state index in [0.29, 0.717) is 30.3 Å². The zero-order valence-corrected chi connectivity index (χ0v) is 15.7. The van der Waals surface area contributed by atoms with Crippen molar-refractivity contribution in [3.8, 4) is 10.6 Å². The van der Waals surface area contributed by atoms with Gasteiger partial charge in [-0.25, -0.2) is 14.6 Å². The highest BCUT2D eigenvalue weighted by Crippen LogP contribution is 2.34. The van der Waals surface area contributed by atoms with Gasteiger partial charge in [-0.2, -0.15) is 10.1 Å². The van der Waals surface area contributed by atoms with Crippen LogP contribution in [0.3, 0.4) is 0 Å². The second-order valence-corrected chi connectivity index (χ2v) is 7.77. The summed E-state index contributed by atoms with van der Waals surface area (Å²) in [6.07, 6.45) is 5.52. The Hall–Kier alpha value is -2.30. The fourth-order valence-corrected chi connectivity index (χ4v) is 4.29. The Morgan fingerprint density at radius 2 is 1.81 bits per heavy atom. The van der Waals surface area contributed by atoms with Gasteiger partial charge in [-0.15, -0.1) is 0 Å². The molecule has 0 aliphatic carbocycles. The third kappa shape index (κ3) is 3.13. The monoisotopic (exact) mass is 387 g/mol. The average molecular weight is 387 g/mol. The molecule has 0 bridgehead atoms. The summed E-state index contributed by atoms with van der Waals surface area (Å²) in [5.74, 6) is 0.710. The number of fused-ring (bicyclic) bond motifs is 1. The molecule has 0 amide bonds. The average Bonchev–Trinajstić information content (AvgIpc) is 3.35. The predicted molar refractivity (Wildman–Crippen MR) is 103 cm³/mol. The van der Waals surface area contributed by atoms with E-state index in [1.54, 1.807) is 6.20 Å². The van der Waals surface area contributed by atoms with Crippen LogP contribution in [0.15, 0.2) is 12.4 Å². The molecule has 142 valence electrons. The van der Waals surface area contributed by atoms with Crippen molar-refractivity contribution in [1.82, 2.24) is 24.7 Å². The van der Waals surface area contributed by atoms with E-state index in [1.165, 1.54) is 11.3 Å². The lowest BCUT2D eigenvalue weighted by Gasteiger charge is -2.27. The maximum absolute atomic E-state index is 5.87. The number of thiazole rings is 1. The first-order valence-corrected chi connectivity index (χ1v) is 9.98. The molecule has 9 nitrogen and oxygen atoms in total. The smallest absolute Gasteiger partial charge is 0.228 e. The second-order valence-electron chi connectivity index (χ2n) is 6.70. The number of rotatable bonds is 3. The fraction of sp³-hybridized carbons (Fsp3) is 0.529. The molecule has 2 saturated heterocycles. The molecule has 2 aliphatic rings. The number of hydrogen-bond donors (Lipinski definition) is 1. The van der Waals surface area contributed by atoms with E-state index in [1.807, 2.05) is 10.9 Å². The topological polar surface area (TPSA) is 104 Å². The number of aromatic nitrogens is 5. The van der Waals surface area contributed by atoms with Gasteiger partial charge in [0.2, 0.25) is 5.95 Å². The van der Waals surface area contributed by atoms with Gasteiger partial charge in [0.1, 0.15) is 0 Å². The summed E-state index contributed by atoms with van der Waals surface area (Å²) >= 11 is 1.43. The Morgan fingerprint density at radius 1 is 1.04 bits per heavy atom. The van der Waals surface area contributed by atoms with Crippen molar-refractivity contribution < 1.29 is 9.47 Å². The van der Waals surface area contributed by atoms with Crippen LogP contribution < -0.4 is 10.6 Å². The largest absolute Gasteiger partial charge is 0.381 e. The predicted octanol–water partition coefficient (Wildman–Crippen LogP) is 1.72. The van der Waals surface area contributed by atoms with Gasteiger partial charge < -0.3 is 20.1 Å². The van der Waals surface area contributed by atoms with E-state index < -0.39 is 0 Å². The Morgan fingerprint density at radius 3 is 2.56 bits per heavy atom. The Kier molecular flexibility index (Phi) is 4.38. The van der Waals surface area contributed by atoms with Crippen molar-refractivity contribution in [3.05, 3.63) is 12.4 Å². The van der Waals surface area contributed by atoms with Crippen LogP contribution in [0, 0.1) is 0 Å². The third-order valence-electron chi connectivity index (χ3n) is 5.03. The first kappa shape index (κ1) is 16.8. The van der Waals surface area contributed by atoms with Gasteiger partial charge in [0.05, 0.1) is 41.4 Å². The first-order valence-electron chi connectivity index (χ1n) is 9.17. The van der Waals surface area contributed by atoms with Crippen molar-refractivity contribution >= 4 is 33.5 Å². The molecule has 27 heavy (non-hydrogen) atoms. The molecule has 0 aromatic carbocycles. The Bertz CT molecular complexity index is 944. The lowest BCUT2D eigenvalue weighted by molar-refractivity contribution is 0.0673. The maximum atomic E-state index is 5.87. The minimum atomic E-state index is 0.295. The molecule has 5 rings (SSSR count).